The average Bonchev–Trinajstić information content (AvgIpc) is 2.89. The first-order valence-corrected chi connectivity index (χ1v) is 14.6. The van der Waals surface area contributed by atoms with E-state index < -0.39 is 44.8 Å². The average molecular weight is 617 g/mol. The van der Waals surface area contributed by atoms with Crippen LogP contribution in [0.25, 0.3) is 10.9 Å². The number of hydrogen-bond acceptors (Lipinski definition) is 6. The zero-order valence-electron chi connectivity index (χ0n) is 21.3. The first-order chi connectivity index (χ1) is 18.8. The quantitative estimate of drug-likeness (QED) is 0.408. The molecular weight excluding hydrogens is 592 g/mol. The summed E-state index contributed by atoms with van der Waals surface area (Å²) in [6.07, 6.45) is 0.493. The van der Waals surface area contributed by atoms with Gasteiger partial charge in [0, 0.05) is 37.7 Å². The summed E-state index contributed by atoms with van der Waals surface area (Å²) in [5.41, 5.74) is -3.55. The number of nitrogens with zero attached hydrogens (tertiary/aromatic N) is 3. The Morgan fingerprint density at radius 1 is 1.05 bits per heavy atom. The van der Waals surface area contributed by atoms with Crippen LogP contribution in [0.3, 0.4) is 0 Å². The van der Waals surface area contributed by atoms with Crippen LogP contribution in [0.5, 0.6) is 0 Å². The summed E-state index contributed by atoms with van der Waals surface area (Å²) in [5.74, 6) is 2.29. The maximum absolute atomic E-state index is 14.2. The van der Waals surface area contributed by atoms with E-state index in [0.717, 1.165) is 0 Å². The second-order valence-corrected chi connectivity index (χ2v) is 12.4. The standard InChI is InChI=1S/C26H25Cl2F3N4O4S/c1-3-7-33-8-10-34(11-9-33)15-19-20(26(29,30)31)13-18-23(22(19)28)32-25(37)35(24(18)36)14-16-12-17(27)5-6-21(16)40(38,39)4-2/h1,5-6,12-13H,4,7-11,14-15H2,2H3,(H,32,37). The van der Waals surface area contributed by atoms with Gasteiger partial charge in [0.2, 0.25) is 0 Å². The van der Waals surface area contributed by atoms with E-state index in [4.69, 9.17) is 29.6 Å². The summed E-state index contributed by atoms with van der Waals surface area (Å²) in [7, 11) is -3.77. The van der Waals surface area contributed by atoms with Crippen LogP contribution < -0.4 is 11.2 Å². The van der Waals surface area contributed by atoms with Gasteiger partial charge in [0.25, 0.3) is 5.56 Å². The Hall–Kier alpha value is -2.82. The molecule has 1 aliphatic heterocycles. The van der Waals surface area contributed by atoms with E-state index in [1.54, 1.807) is 4.90 Å². The van der Waals surface area contributed by atoms with Gasteiger partial charge in [0.1, 0.15) is 0 Å². The van der Waals surface area contributed by atoms with E-state index >= 15 is 0 Å². The molecule has 0 spiro atoms. The van der Waals surface area contributed by atoms with Crippen molar-refractivity contribution in [2.24, 2.45) is 0 Å². The van der Waals surface area contributed by atoms with Crippen LogP contribution in [-0.4, -0.2) is 66.2 Å². The lowest BCUT2D eigenvalue weighted by atomic mass is 10.0. The smallest absolute Gasteiger partial charge is 0.305 e. The van der Waals surface area contributed by atoms with Crippen molar-refractivity contribution in [1.82, 2.24) is 19.4 Å². The third-order valence-corrected chi connectivity index (χ3v) is 9.33. The van der Waals surface area contributed by atoms with Gasteiger partial charge in [0.05, 0.1) is 45.2 Å². The number of H-pyrrole nitrogens is 1. The Balaban J connectivity index is 1.82. The fraction of sp³-hybridized carbons (Fsp3) is 0.385. The second-order valence-electron chi connectivity index (χ2n) is 9.37. The summed E-state index contributed by atoms with van der Waals surface area (Å²) < 4.78 is 68.5. The molecule has 2 aromatic carbocycles. The number of aromatic amines is 1. The number of benzene rings is 2. The van der Waals surface area contributed by atoms with Gasteiger partial charge in [-0.15, -0.1) is 6.42 Å². The number of aromatic nitrogens is 2. The van der Waals surface area contributed by atoms with Gasteiger partial charge in [-0.3, -0.25) is 19.2 Å². The zero-order chi connectivity index (χ0) is 29.4. The molecule has 0 bridgehead atoms. The number of sulfone groups is 1. The number of terminal acetylenes is 1. The number of piperazine rings is 1. The van der Waals surface area contributed by atoms with Crippen LogP contribution in [0.15, 0.2) is 38.8 Å². The Morgan fingerprint density at radius 2 is 1.70 bits per heavy atom. The first-order valence-electron chi connectivity index (χ1n) is 12.2. The van der Waals surface area contributed by atoms with Crippen LogP contribution >= 0.6 is 23.2 Å². The largest absolute Gasteiger partial charge is 0.416 e. The van der Waals surface area contributed by atoms with Crippen molar-refractivity contribution in [2.45, 2.75) is 31.1 Å². The fourth-order valence-corrected chi connectivity index (χ4v) is 6.32. The summed E-state index contributed by atoms with van der Waals surface area (Å²) in [6.45, 7) is 3.21. The topological polar surface area (TPSA) is 95.5 Å². The fourth-order valence-electron chi connectivity index (χ4n) is 4.70. The van der Waals surface area contributed by atoms with E-state index in [0.29, 0.717) is 43.4 Å². The number of hydrogen-bond donors (Lipinski definition) is 1. The van der Waals surface area contributed by atoms with Crippen molar-refractivity contribution in [1.29, 1.82) is 0 Å². The first kappa shape index (κ1) is 30.1. The monoisotopic (exact) mass is 616 g/mol. The van der Waals surface area contributed by atoms with E-state index in [-0.39, 0.29) is 43.9 Å². The maximum atomic E-state index is 14.2. The molecule has 8 nitrogen and oxygen atoms in total. The molecule has 0 saturated carbocycles. The Labute approximate surface area is 238 Å². The lowest BCUT2D eigenvalue weighted by Crippen LogP contribution is -2.46. The lowest BCUT2D eigenvalue weighted by molar-refractivity contribution is -0.138. The number of nitrogens with one attached hydrogen (secondary N) is 1. The van der Waals surface area contributed by atoms with Crippen molar-refractivity contribution in [3.63, 3.8) is 0 Å². The van der Waals surface area contributed by atoms with E-state index in [1.165, 1.54) is 25.1 Å². The van der Waals surface area contributed by atoms with Gasteiger partial charge in [-0.05, 0) is 35.4 Å². The molecule has 1 saturated heterocycles. The normalized spacial score (nSPS) is 15.4. The van der Waals surface area contributed by atoms with Crippen molar-refractivity contribution >= 4 is 43.9 Å². The predicted octanol–water partition coefficient (Wildman–Crippen LogP) is 3.61. The van der Waals surface area contributed by atoms with E-state index in [9.17, 15) is 31.2 Å². The molecule has 0 radical (unpaired) electrons. The number of alkyl halides is 3. The molecule has 214 valence electrons. The summed E-state index contributed by atoms with van der Waals surface area (Å²) in [5, 5.41) is -0.682. The maximum Gasteiger partial charge on any atom is 0.416 e. The summed E-state index contributed by atoms with van der Waals surface area (Å²) in [4.78, 5) is 32.5. The van der Waals surface area contributed by atoms with Crippen molar-refractivity contribution < 1.29 is 21.6 Å². The molecule has 4 rings (SSSR count). The van der Waals surface area contributed by atoms with Crippen LogP contribution in [0.1, 0.15) is 23.6 Å². The number of rotatable bonds is 7. The minimum Gasteiger partial charge on any atom is -0.305 e. The van der Waals surface area contributed by atoms with Crippen LogP contribution in [0.4, 0.5) is 13.2 Å². The predicted molar refractivity (Wildman–Crippen MR) is 148 cm³/mol. The highest BCUT2D eigenvalue weighted by atomic mass is 35.5. The highest BCUT2D eigenvalue weighted by Gasteiger charge is 2.36. The van der Waals surface area contributed by atoms with Crippen molar-refractivity contribution in [3.05, 3.63) is 71.8 Å². The molecule has 0 atom stereocenters. The zero-order valence-corrected chi connectivity index (χ0v) is 23.6. The molecule has 2 heterocycles. The Kier molecular flexibility index (Phi) is 8.73. The summed E-state index contributed by atoms with van der Waals surface area (Å²) >= 11 is 12.5. The molecule has 1 aliphatic rings. The second kappa shape index (κ2) is 11.6. The van der Waals surface area contributed by atoms with Gasteiger partial charge >= 0.3 is 11.9 Å². The SMILES string of the molecule is C#CCN1CCN(Cc2c(C(F)(F)F)cc3c(=O)n(Cc4cc(Cl)ccc4S(=O)(=O)CC)c(=O)[nH]c3c2Cl)CC1. The van der Waals surface area contributed by atoms with Crippen molar-refractivity contribution in [3.8, 4) is 12.3 Å². The van der Waals surface area contributed by atoms with Gasteiger partial charge in [-0.25, -0.2) is 13.2 Å². The van der Waals surface area contributed by atoms with Gasteiger partial charge in [0.15, 0.2) is 9.84 Å². The molecular formula is C26H25Cl2F3N4O4S. The third-order valence-electron chi connectivity index (χ3n) is 6.85. The highest BCUT2D eigenvalue weighted by molar-refractivity contribution is 7.91. The molecule has 40 heavy (non-hydrogen) atoms. The van der Waals surface area contributed by atoms with Gasteiger partial charge in [-0.2, -0.15) is 13.2 Å². The molecule has 14 heteroatoms. The summed E-state index contributed by atoms with van der Waals surface area (Å²) in [6, 6.07) is 4.59. The molecule has 1 aromatic heterocycles. The molecule has 0 aliphatic carbocycles. The van der Waals surface area contributed by atoms with Gasteiger partial charge in [-0.1, -0.05) is 36.0 Å². The Bertz CT molecular complexity index is 1720. The highest BCUT2D eigenvalue weighted by Crippen LogP contribution is 2.38. The number of fused-ring (bicyclic) bond motifs is 1. The number of halogens is 5. The van der Waals surface area contributed by atoms with Gasteiger partial charge < -0.3 is 4.98 Å². The third kappa shape index (κ3) is 6.09. The van der Waals surface area contributed by atoms with Crippen LogP contribution in [-0.2, 0) is 29.1 Å². The molecule has 0 amide bonds. The van der Waals surface area contributed by atoms with Crippen LogP contribution in [0, 0.1) is 12.3 Å². The Morgan fingerprint density at radius 3 is 2.30 bits per heavy atom. The molecule has 0 unspecified atom stereocenters. The lowest BCUT2D eigenvalue weighted by Gasteiger charge is -2.34. The van der Waals surface area contributed by atoms with Crippen molar-refractivity contribution in [2.75, 3.05) is 38.5 Å². The van der Waals surface area contributed by atoms with Crippen LogP contribution in [0.2, 0.25) is 10.0 Å². The molecule has 3 aromatic rings. The minimum atomic E-state index is -4.85. The minimum absolute atomic E-state index is 0.0454. The van der Waals surface area contributed by atoms with E-state index in [1.807, 2.05) is 4.90 Å². The molecule has 1 fully saturated rings. The van der Waals surface area contributed by atoms with E-state index in [2.05, 4.69) is 10.9 Å². The molecule has 1 N–H and O–H groups in total.